The number of fused-ring (bicyclic) bond motifs is 5. The summed E-state index contributed by atoms with van der Waals surface area (Å²) in [7, 11) is 0. The van der Waals surface area contributed by atoms with E-state index in [4.69, 9.17) is 0 Å². The predicted molar refractivity (Wildman–Crippen MR) is 255 cm³/mol. The Kier molecular flexibility index (Phi) is 8.56. The highest BCUT2D eigenvalue weighted by atomic mass is 15.1. The summed E-state index contributed by atoms with van der Waals surface area (Å²) in [6, 6.07) is 81.9. The smallest absolute Gasteiger partial charge is 0.0468 e. The second kappa shape index (κ2) is 14.6. The Labute approximate surface area is 344 Å². The van der Waals surface area contributed by atoms with Crippen molar-refractivity contribution in [1.29, 1.82) is 0 Å². The van der Waals surface area contributed by atoms with Crippen LogP contribution in [0.5, 0.6) is 0 Å². The standard InChI is InChI=1S/C58H39N/c1-3-9-46-35-51(21-19-42(46)7-1)44-23-28-56(29-24-44)59(57-30-25-45(26-31-57)52-22-20-43-8-2-4-10-47(43)36-52)58-32-27-50-33-40(16-18-54(50)39-58)13-14-41-15-17-53-37-48-11-5-6-12-49(48)38-55(53)34-41/h1-39H/b14-13+. The quantitative estimate of drug-likeness (QED) is 0.116. The van der Waals surface area contributed by atoms with Gasteiger partial charge in [0.25, 0.3) is 0 Å². The largest absolute Gasteiger partial charge is 0.310 e. The zero-order valence-corrected chi connectivity index (χ0v) is 32.5. The van der Waals surface area contributed by atoms with Crippen LogP contribution in [-0.4, -0.2) is 0 Å². The van der Waals surface area contributed by atoms with Gasteiger partial charge >= 0.3 is 0 Å². The van der Waals surface area contributed by atoms with Crippen LogP contribution in [0.25, 0.3) is 88.3 Å². The molecule has 0 spiro atoms. The number of hydrogen-bond acceptors (Lipinski definition) is 1. The van der Waals surface area contributed by atoms with E-state index in [2.05, 4.69) is 242 Å². The molecule has 1 nitrogen and oxygen atoms in total. The molecule has 276 valence electrons. The van der Waals surface area contributed by atoms with E-state index in [1.54, 1.807) is 0 Å². The third kappa shape index (κ3) is 6.79. The minimum Gasteiger partial charge on any atom is -0.310 e. The van der Waals surface area contributed by atoms with Crippen molar-refractivity contribution in [1.82, 2.24) is 0 Å². The minimum atomic E-state index is 1.11. The lowest BCUT2D eigenvalue weighted by atomic mass is 10.00. The average Bonchev–Trinajstić information content (AvgIpc) is 3.30. The fraction of sp³-hybridized carbons (Fsp3) is 0. The van der Waals surface area contributed by atoms with Gasteiger partial charge in [0.1, 0.15) is 0 Å². The van der Waals surface area contributed by atoms with Crippen LogP contribution in [0.2, 0.25) is 0 Å². The summed E-state index contributed by atoms with van der Waals surface area (Å²) in [6.07, 6.45) is 4.44. The molecule has 0 aliphatic carbocycles. The van der Waals surface area contributed by atoms with Crippen molar-refractivity contribution < 1.29 is 0 Å². The highest BCUT2D eigenvalue weighted by molar-refractivity contribution is 5.99. The van der Waals surface area contributed by atoms with Crippen LogP contribution in [0.3, 0.4) is 0 Å². The topological polar surface area (TPSA) is 3.24 Å². The Morgan fingerprint density at radius 2 is 0.559 bits per heavy atom. The lowest BCUT2D eigenvalue weighted by Gasteiger charge is -2.26. The molecule has 11 aromatic rings. The van der Waals surface area contributed by atoms with Crippen LogP contribution in [0.4, 0.5) is 17.1 Å². The van der Waals surface area contributed by atoms with Gasteiger partial charge < -0.3 is 4.90 Å². The van der Waals surface area contributed by atoms with Crippen LogP contribution in [0.1, 0.15) is 11.1 Å². The van der Waals surface area contributed by atoms with Gasteiger partial charge in [0.2, 0.25) is 0 Å². The molecule has 0 aromatic heterocycles. The zero-order valence-electron chi connectivity index (χ0n) is 32.5. The minimum absolute atomic E-state index is 1.11. The average molecular weight is 750 g/mol. The van der Waals surface area contributed by atoms with Gasteiger partial charge in [-0.05, 0) is 160 Å². The molecule has 0 atom stereocenters. The molecule has 0 aliphatic rings. The van der Waals surface area contributed by atoms with E-state index in [1.807, 2.05) is 0 Å². The summed E-state index contributed by atoms with van der Waals surface area (Å²) in [5.74, 6) is 0. The second-order valence-corrected chi connectivity index (χ2v) is 15.5. The normalized spacial score (nSPS) is 11.7. The van der Waals surface area contributed by atoms with Gasteiger partial charge in [0, 0.05) is 17.1 Å². The van der Waals surface area contributed by atoms with Crippen LogP contribution in [0.15, 0.2) is 224 Å². The van der Waals surface area contributed by atoms with E-state index in [-0.39, 0.29) is 0 Å². The van der Waals surface area contributed by atoms with Crippen LogP contribution in [-0.2, 0) is 0 Å². The summed E-state index contributed by atoms with van der Waals surface area (Å²) in [5, 5.41) is 12.5. The molecule has 0 bridgehead atoms. The first kappa shape index (κ1) is 34.5. The number of anilines is 3. The second-order valence-electron chi connectivity index (χ2n) is 15.5. The Morgan fingerprint density at radius 1 is 0.220 bits per heavy atom. The molecule has 0 amide bonds. The van der Waals surface area contributed by atoms with Crippen LogP contribution >= 0.6 is 0 Å². The van der Waals surface area contributed by atoms with Gasteiger partial charge in [-0.15, -0.1) is 0 Å². The molecule has 1 heteroatoms. The first-order chi connectivity index (χ1) is 29.2. The molecule has 0 heterocycles. The van der Waals surface area contributed by atoms with Crippen molar-refractivity contribution in [3.63, 3.8) is 0 Å². The van der Waals surface area contributed by atoms with Gasteiger partial charge in [0.15, 0.2) is 0 Å². The Balaban J connectivity index is 0.925. The summed E-state index contributed by atoms with van der Waals surface area (Å²) in [6.45, 7) is 0. The van der Waals surface area contributed by atoms with Gasteiger partial charge in [0.05, 0.1) is 0 Å². The lowest BCUT2D eigenvalue weighted by Crippen LogP contribution is -2.09. The van der Waals surface area contributed by atoms with Crippen LogP contribution < -0.4 is 4.90 Å². The van der Waals surface area contributed by atoms with Gasteiger partial charge in [-0.3, -0.25) is 0 Å². The predicted octanol–water partition coefficient (Wildman–Crippen LogP) is 16.4. The maximum atomic E-state index is 2.37. The molecule has 0 saturated heterocycles. The van der Waals surface area contributed by atoms with E-state index in [9.17, 15) is 0 Å². The molecule has 0 saturated carbocycles. The summed E-state index contributed by atoms with van der Waals surface area (Å²) >= 11 is 0. The van der Waals surface area contributed by atoms with Gasteiger partial charge in [-0.1, -0.05) is 164 Å². The van der Waals surface area contributed by atoms with Crippen molar-refractivity contribution in [3.05, 3.63) is 236 Å². The Bertz CT molecular complexity index is 3250. The number of rotatable bonds is 7. The molecule has 0 aliphatic heterocycles. The maximum Gasteiger partial charge on any atom is 0.0468 e. The van der Waals surface area contributed by atoms with Crippen molar-refractivity contribution in [2.75, 3.05) is 4.90 Å². The van der Waals surface area contributed by atoms with Crippen LogP contribution in [0, 0.1) is 0 Å². The first-order valence-electron chi connectivity index (χ1n) is 20.3. The lowest BCUT2D eigenvalue weighted by molar-refractivity contribution is 1.29. The molecule has 0 N–H and O–H groups in total. The Hall–Kier alpha value is -7.74. The summed E-state index contributed by atoms with van der Waals surface area (Å²) in [4.78, 5) is 2.37. The maximum absolute atomic E-state index is 2.37. The molecular formula is C58H39N. The molecular weight excluding hydrogens is 711 g/mol. The SMILES string of the molecule is C(=C\c1ccc2cc3ccccc3cc2c1)/c1ccc2cc(N(c3ccc(-c4ccc5ccccc5c4)cc3)c3ccc(-c4ccc5ccccc5c4)cc3)ccc2c1. The van der Waals surface area contributed by atoms with E-state index in [1.165, 1.54) is 87.2 Å². The van der Waals surface area contributed by atoms with Crippen molar-refractivity contribution in [2.45, 2.75) is 0 Å². The molecule has 11 rings (SSSR count). The zero-order chi connectivity index (χ0) is 39.1. The van der Waals surface area contributed by atoms with Crippen molar-refractivity contribution >= 4 is 83.1 Å². The monoisotopic (exact) mass is 749 g/mol. The van der Waals surface area contributed by atoms with Crippen molar-refractivity contribution in [3.8, 4) is 22.3 Å². The summed E-state index contributed by atoms with van der Waals surface area (Å²) in [5.41, 5.74) is 10.5. The molecule has 59 heavy (non-hydrogen) atoms. The van der Waals surface area contributed by atoms with E-state index in [0.717, 1.165) is 17.1 Å². The van der Waals surface area contributed by atoms with E-state index >= 15 is 0 Å². The number of nitrogens with zero attached hydrogens (tertiary/aromatic N) is 1. The molecule has 0 unspecified atom stereocenters. The van der Waals surface area contributed by atoms with E-state index in [0.29, 0.717) is 0 Å². The van der Waals surface area contributed by atoms with Gasteiger partial charge in [-0.25, -0.2) is 0 Å². The van der Waals surface area contributed by atoms with Gasteiger partial charge in [-0.2, -0.15) is 0 Å². The fourth-order valence-electron chi connectivity index (χ4n) is 8.54. The Morgan fingerprint density at radius 3 is 1.08 bits per heavy atom. The highest BCUT2D eigenvalue weighted by Crippen LogP contribution is 2.39. The summed E-state index contributed by atoms with van der Waals surface area (Å²) < 4.78 is 0. The first-order valence-corrected chi connectivity index (χ1v) is 20.3. The van der Waals surface area contributed by atoms with Crippen molar-refractivity contribution in [2.24, 2.45) is 0 Å². The highest BCUT2D eigenvalue weighted by Gasteiger charge is 2.15. The third-order valence-electron chi connectivity index (χ3n) is 11.7. The third-order valence-corrected chi connectivity index (χ3v) is 11.7. The number of benzene rings is 11. The number of hydrogen-bond donors (Lipinski definition) is 0. The fourth-order valence-corrected chi connectivity index (χ4v) is 8.54. The molecule has 11 aromatic carbocycles. The molecule has 0 fully saturated rings. The molecule has 0 radical (unpaired) electrons. The van der Waals surface area contributed by atoms with E-state index < -0.39 is 0 Å².